The zero-order chi connectivity index (χ0) is 14.8. The quantitative estimate of drug-likeness (QED) is 0.403. The first kappa shape index (κ1) is 22.4. The van der Waals surface area contributed by atoms with Crippen molar-refractivity contribution in [2.45, 2.75) is 25.7 Å². The minimum Gasteiger partial charge on any atom is -0.314 e. The molecular weight excluding hydrogens is 330 g/mol. The fourth-order valence-electron chi connectivity index (χ4n) is 1.31. The second-order valence-electron chi connectivity index (χ2n) is 4.22. The molecule has 0 radical (unpaired) electrons. The van der Waals surface area contributed by atoms with E-state index in [2.05, 4.69) is 13.7 Å². The van der Waals surface area contributed by atoms with Crippen molar-refractivity contribution in [3.8, 4) is 0 Å². The van der Waals surface area contributed by atoms with E-state index in [-0.39, 0.29) is 25.6 Å². The van der Waals surface area contributed by atoms with Crippen LogP contribution in [0, 0.1) is 0 Å². The Balaban J connectivity index is 0. The van der Waals surface area contributed by atoms with Crippen LogP contribution in [-0.2, 0) is 28.6 Å². The molecule has 10 heteroatoms. The Bertz CT molecular complexity index is 383. The summed E-state index contributed by atoms with van der Waals surface area (Å²) in [4.78, 5) is 0. The average molecular weight is 354 g/mol. The van der Waals surface area contributed by atoms with Gasteiger partial charge < -0.3 is 5.32 Å². The monoisotopic (exact) mass is 353 g/mol. The fourth-order valence-corrected chi connectivity index (χ4v) is 2.11. The van der Waals surface area contributed by atoms with Gasteiger partial charge in [-0.1, -0.05) is 12.8 Å². The van der Waals surface area contributed by atoms with Crippen LogP contribution in [0.4, 0.5) is 0 Å². The summed E-state index contributed by atoms with van der Waals surface area (Å²) in [5.74, 6) is 0. The summed E-state index contributed by atoms with van der Waals surface area (Å²) in [6.45, 7) is 1.64. The van der Waals surface area contributed by atoms with Crippen LogP contribution in [0.5, 0.6) is 0 Å². The molecule has 0 aliphatic heterocycles. The first-order valence-corrected chi connectivity index (χ1v) is 9.73. The number of nitrogens with one attached hydrogen (secondary N) is 1. The van der Waals surface area contributed by atoms with Crippen LogP contribution in [-0.4, -0.2) is 55.7 Å². The third kappa shape index (κ3) is 20.4. The molecule has 0 bridgehead atoms. The Kier molecular flexibility index (Phi) is 13.1. The van der Waals surface area contributed by atoms with Gasteiger partial charge in [0.15, 0.2) is 0 Å². The molecular formula is C10H24ClNO6S2. The molecule has 0 amide bonds. The van der Waals surface area contributed by atoms with Gasteiger partial charge in [0.1, 0.15) is 0 Å². The summed E-state index contributed by atoms with van der Waals surface area (Å²) in [5, 5.41) is 3.06. The Morgan fingerprint density at radius 3 is 1.80 bits per heavy atom. The smallest absolute Gasteiger partial charge is 0.264 e. The maximum absolute atomic E-state index is 10.7. The summed E-state index contributed by atoms with van der Waals surface area (Å²) < 4.78 is 51.7. The Labute approximate surface area is 128 Å². The van der Waals surface area contributed by atoms with Crippen LogP contribution in [0.1, 0.15) is 25.7 Å². The lowest BCUT2D eigenvalue weighted by Crippen LogP contribution is -2.22. The summed E-state index contributed by atoms with van der Waals surface area (Å²) >= 11 is 0. The highest BCUT2D eigenvalue weighted by Crippen LogP contribution is 2.00. The molecule has 0 atom stereocenters. The van der Waals surface area contributed by atoms with Crippen molar-refractivity contribution in [3.05, 3.63) is 0 Å². The molecule has 0 saturated heterocycles. The molecule has 0 saturated carbocycles. The predicted octanol–water partition coefficient (Wildman–Crippen LogP) is 0.511. The summed E-state index contributed by atoms with van der Waals surface area (Å²) in [7, 11) is -6.67. The molecule has 0 rings (SSSR count). The van der Waals surface area contributed by atoms with Gasteiger partial charge >= 0.3 is 0 Å². The van der Waals surface area contributed by atoms with E-state index in [1.54, 1.807) is 0 Å². The first-order chi connectivity index (χ1) is 8.71. The molecule has 0 spiro atoms. The molecule has 20 heavy (non-hydrogen) atoms. The highest BCUT2D eigenvalue weighted by Gasteiger charge is 2.01. The van der Waals surface area contributed by atoms with Crippen molar-refractivity contribution in [2.75, 3.05) is 38.8 Å². The highest BCUT2D eigenvalue weighted by molar-refractivity contribution is 7.86. The average Bonchev–Trinajstić information content (AvgIpc) is 2.22. The van der Waals surface area contributed by atoms with Gasteiger partial charge in [-0.2, -0.15) is 16.8 Å². The lowest BCUT2D eigenvalue weighted by molar-refractivity contribution is 0.308. The lowest BCUT2D eigenvalue weighted by Gasteiger charge is -2.05. The summed E-state index contributed by atoms with van der Waals surface area (Å²) in [6, 6.07) is 0. The van der Waals surface area contributed by atoms with Gasteiger partial charge in [-0.25, -0.2) is 0 Å². The fraction of sp³-hybridized carbons (Fsp3) is 1.00. The van der Waals surface area contributed by atoms with Crippen molar-refractivity contribution in [1.29, 1.82) is 0 Å². The number of halogens is 1. The third-order valence-corrected chi connectivity index (χ3v) is 3.31. The van der Waals surface area contributed by atoms with Gasteiger partial charge in [0.25, 0.3) is 20.2 Å². The van der Waals surface area contributed by atoms with Crippen molar-refractivity contribution >= 4 is 32.6 Å². The highest BCUT2D eigenvalue weighted by atomic mass is 35.5. The number of unbranched alkanes of at least 4 members (excludes halogenated alkanes) is 3. The molecule has 0 aromatic rings. The van der Waals surface area contributed by atoms with E-state index in [1.807, 2.05) is 0 Å². The van der Waals surface area contributed by atoms with Crippen molar-refractivity contribution < 1.29 is 25.2 Å². The molecule has 0 unspecified atom stereocenters. The molecule has 0 aliphatic carbocycles. The normalized spacial score (nSPS) is 12.1. The summed E-state index contributed by atoms with van der Waals surface area (Å²) in [6.07, 6.45) is 5.58. The van der Waals surface area contributed by atoms with Gasteiger partial charge in [0.2, 0.25) is 0 Å². The van der Waals surface area contributed by atoms with Gasteiger partial charge in [-0.05, 0) is 19.4 Å². The number of hydrogen-bond donors (Lipinski definition) is 1. The molecule has 7 nitrogen and oxygen atoms in total. The SMILES string of the molecule is CS(=O)(=O)OCCCCCCNCCOS(C)(=O)=O.Cl. The van der Waals surface area contributed by atoms with Gasteiger partial charge in [-0.3, -0.25) is 8.37 Å². The zero-order valence-electron chi connectivity index (χ0n) is 11.8. The van der Waals surface area contributed by atoms with Crippen molar-refractivity contribution in [2.24, 2.45) is 0 Å². The van der Waals surface area contributed by atoms with Crippen LogP contribution in [0.3, 0.4) is 0 Å². The van der Waals surface area contributed by atoms with Crippen molar-refractivity contribution in [1.82, 2.24) is 5.32 Å². The van der Waals surface area contributed by atoms with Gasteiger partial charge in [-0.15, -0.1) is 12.4 Å². The molecule has 0 fully saturated rings. The maximum Gasteiger partial charge on any atom is 0.264 e. The standard InChI is InChI=1S/C10H23NO6S2.ClH/c1-18(12,13)16-9-6-4-3-5-7-11-8-10-17-19(2,14)15;/h11H,3-10H2,1-2H3;1H. The van der Waals surface area contributed by atoms with E-state index < -0.39 is 20.2 Å². The molecule has 0 aromatic heterocycles. The zero-order valence-corrected chi connectivity index (χ0v) is 14.3. The lowest BCUT2D eigenvalue weighted by atomic mass is 10.2. The van der Waals surface area contributed by atoms with E-state index in [0.717, 1.165) is 38.3 Å². The second kappa shape index (κ2) is 11.7. The predicted molar refractivity (Wildman–Crippen MR) is 80.2 cm³/mol. The second-order valence-corrected chi connectivity index (χ2v) is 7.50. The van der Waals surface area contributed by atoms with Crippen LogP contribution in [0.2, 0.25) is 0 Å². The topological polar surface area (TPSA) is 98.8 Å². The molecule has 1 N–H and O–H groups in total. The van der Waals surface area contributed by atoms with E-state index in [0.29, 0.717) is 13.0 Å². The Morgan fingerprint density at radius 1 is 0.750 bits per heavy atom. The van der Waals surface area contributed by atoms with Crippen LogP contribution >= 0.6 is 12.4 Å². The van der Waals surface area contributed by atoms with Crippen LogP contribution in [0.15, 0.2) is 0 Å². The van der Waals surface area contributed by atoms with E-state index in [1.165, 1.54) is 0 Å². The molecule has 0 heterocycles. The number of rotatable bonds is 12. The first-order valence-electron chi connectivity index (χ1n) is 6.10. The van der Waals surface area contributed by atoms with Gasteiger partial charge in [0, 0.05) is 6.54 Å². The summed E-state index contributed by atoms with van der Waals surface area (Å²) in [5.41, 5.74) is 0. The van der Waals surface area contributed by atoms with Crippen LogP contribution < -0.4 is 5.32 Å². The van der Waals surface area contributed by atoms with Crippen molar-refractivity contribution in [3.63, 3.8) is 0 Å². The minimum absolute atomic E-state index is 0. The largest absolute Gasteiger partial charge is 0.314 e. The van der Waals surface area contributed by atoms with E-state index >= 15 is 0 Å². The molecule has 124 valence electrons. The van der Waals surface area contributed by atoms with Gasteiger partial charge in [0.05, 0.1) is 25.7 Å². The van der Waals surface area contributed by atoms with Crippen LogP contribution in [0.25, 0.3) is 0 Å². The van der Waals surface area contributed by atoms with E-state index in [9.17, 15) is 16.8 Å². The molecule has 0 aromatic carbocycles. The molecule has 0 aliphatic rings. The number of hydrogen-bond acceptors (Lipinski definition) is 7. The van der Waals surface area contributed by atoms with E-state index in [4.69, 9.17) is 0 Å². The Hall–Kier alpha value is 0.0700. The maximum atomic E-state index is 10.7. The minimum atomic E-state index is -3.35. The third-order valence-electron chi connectivity index (χ3n) is 2.12. The Morgan fingerprint density at radius 2 is 1.25 bits per heavy atom.